The van der Waals surface area contributed by atoms with Crippen molar-refractivity contribution in [3.05, 3.63) is 35.4 Å². The van der Waals surface area contributed by atoms with Crippen LogP contribution in [0.1, 0.15) is 17.5 Å². The normalized spacial score (nSPS) is 18.7. The van der Waals surface area contributed by atoms with E-state index in [0.717, 1.165) is 24.1 Å². The Balaban J connectivity index is 2.55. The Bertz CT molecular complexity index is 304. The quantitative estimate of drug-likeness (QED) is 0.437. The number of hydrogen-bond acceptors (Lipinski definition) is 2. The molecule has 1 aliphatic carbocycles. The van der Waals surface area contributed by atoms with Crippen LogP contribution in [0.25, 0.3) is 0 Å². The summed E-state index contributed by atoms with van der Waals surface area (Å²) in [6.45, 7) is 0. The molecule has 2 heteroatoms. The Hall–Kier alpha value is -1.31. The van der Waals surface area contributed by atoms with Crippen LogP contribution >= 0.6 is 0 Å². The van der Waals surface area contributed by atoms with Crippen molar-refractivity contribution < 1.29 is 5.21 Å². The minimum Gasteiger partial charge on any atom is -0.411 e. The van der Waals surface area contributed by atoms with Crippen LogP contribution in [-0.2, 0) is 6.42 Å². The molecule has 2 rings (SSSR count). The van der Waals surface area contributed by atoms with E-state index in [1.54, 1.807) is 0 Å². The highest BCUT2D eigenvalue weighted by atomic mass is 16.4. The molecule has 0 saturated carbocycles. The smallest absolute Gasteiger partial charge is 0.0874 e. The second-order valence-electron chi connectivity index (χ2n) is 2.61. The van der Waals surface area contributed by atoms with Gasteiger partial charge in [0.25, 0.3) is 0 Å². The Kier molecular flexibility index (Phi) is 1.39. The van der Waals surface area contributed by atoms with Gasteiger partial charge in [-0.15, -0.1) is 0 Å². The predicted octanol–water partition coefficient (Wildman–Crippen LogP) is 1.61. The van der Waals surface area contributed by atoms with Crippen LogP contribution in [0.15, 0.2) is 23.4 Å². The summed E-state index contributed by atoms with van der Waals surface area (Å²) in [7, 11) is 0. The molecule has 0 fully saturated rings. The molecule has 1 aliphatic rings. The van der Waals surface area contributed by atoms with Gasteiger partial charge in [0, 0.05) is 5.56 Å². The summed E-state index contributed by atoms with van der Waals surface area (Å²) in [6.07, 6.45) is 1.79. The maximum absolute atomic E-state index is 8.59. The van der Waals surface area contributed by atoms with E-state index in [-0.39, 0.29) is 0 Å². The summed E-state index contributed by atoms with van der Waals surface area (Å²) in [5.74, 6) is 0. The van der Waals surface area contributed by atoms with E-state index >= 15 is 0 Å². The van der Waals surface area contributed by atoms with Crippen molar-refractivity contribution in [2.24, 2.45) is 5.16 Å². The summed E-state index contributed by atoms with van der Waals surface area (Å²) in [5.41, 5.74) is 3.01. The lowest BCUT2D eigenvalue weighted by Crippen LogP contribution is -1.92. The molecule has 2 nitrogen and oxygen atoms in total. The maximum atomic E-state index is 8.59. The van der Waals surface area contributed by atoms with Gasteiger partial charge in [0.05, 0.1) is 5.71 Å². The van der Waals surface area contributed by atoms with Gasteiger partial charge in [-0.05, 0) is 24.5 Å². The van der Waals surface area contributed by atoms with Crippen LogP contribution < -0.4 is 0 Å². The number of aryl methyl sites for hydroxylation is 1. The molecule has 0 bridgehead atoms. The Morgan fingerprint density at radius 2 is 2.36 bits per heavy atom. The van der Waals surface area contributed by atoms with Gasteiger partial charge in [0.2, 0.25) is 0 Å². The van der Waals surface area contributed by atoms with Crippen LogP contribution in [0.5, 0.6) is 0 Å². The van der Waals surface area contributed by atoms with E-state index in [4.69, 9.17) is 5.21 Å². The van der Waals surface area contributed by atoms with Gasteiger partial charge in [-0.25, -0.2) is 0 Å². The SMILES string of the molecule is ON=C1CCc2[c]cccc21. The molecule has 55 valence electrons. The van der Waals surface area contributed by atoms with Crippen LogP contribution in [0, 0.1) is 6.07 Å². The van der Waals surface area contributed by atoms with Crippen LogP contribution in [0.3, 0.4) is 0 Å². The summed E-state index contributed by atoms with van der Waals surface area (Å²) >= 11 is 0. The van der Waals surface area contributed by atoms with E-state index in [9.17, 15) is 0 Å². The standard InChI is InChI=1S/C9H8NO/c11-10-9-6-5-7-3-1-2-4-8(7)9/h1-2,4,11H,5-6H2. The van der Waals surface area contributed by atoms with Crippen LogP contribution in [0.2, 0.25) is 0 Å². The average Bonchev–Trinajstić information content (AvgIpc) is 2.47. The third-order valence-corrected chi connectivity index (χ3v) is 1.99. The molecule has 1 aromatic carbocycles. The molecule has 0 atom stereocenters. The maximum Gasteiger partial charge on any atom is 0.0874 e. The summed E-state index contributed by atoms with van der Waals surface area (Å²) in [6, 6.07) is 8.89. The Morgan fingerprint density at radius 3 is 3.18 bits per heavy atom. The Labute approximate surface area is 65.2 Å². The number of hydrogen-bond donors (Lipinski definition) is 1. The molecular weight excluding hydrogens is 138 g/mol. The van der Waals surface area contributed by atoms with Crippen molar-refractivity contribution in [3.63, 3.8) is 0 Å². The zero-order chi connectivity index (χ0) is 7.68. The van der Waals surface area contributed by atoms with Gasteiger partial charge in [0.15, 0.2) is 0 Å². The van der Waals surface area contributed by atoms with Crippen molar-refractivity contribution in [2.45, 2.75) is 12.8 Å². The molecule has 0 spiro atoms. The Morgan fingerprint density at radius 1 is 1.45 bits per heavy atom. The minimum atomic E-state index is 0.789. The second-order valence-corrected chi connectivity index (χ2v) is 2.61. The van der Waals surface area contributed by atoms with Gasteiger partial charge < -0.3 is 5.21 Å². The highest BCUT2D eigenvalue weighted by Gasteiger charge is 2.16. The first kappa shape index (κ1) is 6.40. The minimum absolute atomic E-state index is 0.789. The van der Waals surface area contributed by atoms with Gasteiger partial charge in [0.1, 0.15) is 0 Å². The van der Waals surface area contributed by atoms with E-state index in [1.807, 2.05) is 18.2 Å². The third kappa shape index (κ3) is 0.909. The van der Waals surface area contributed by atoms with E-state index in [1.165, 1.54) is 5.56 Å². The number of oxime groups is 1. The lowest BCUT2D eigenvalue weighted by atomic mass is 10.1. The average molecular weight is 146 g/mol. The van der Waals surface area contributed by atoms with Crippen molar-refractivity contribution in [1.82, 2.24) is 0 Å². The highest BCUT2D eigenvalue weighted by Crippen LogP contribution is 2.20. The van der Waals surface area contributed by atoms with Crippen molar-refractivity contribution in [2.75, 3.05) is 0 Å². The lowest BCUT2D eigenvalue weighted by Gasteiger charge is -1.94. The topological polar surface area (TPSA) is 32.6 Å². The summed E-state index contributed by atoms with van der Waals surface area (Å²) in [5, 5.41) is 11.8. The summed E-state index contributed by atoms with van der Waals surface area (Å²) < 4.78 is 0. The number of fused-ring (bicyclic) bond motifs is 1. The van der Waals surface area contributed by atoms with Gasteiger partial charge in [-0.1, -0.05) is 23.4 Å². The fourth-order valence-corrected chi connectivity index (χ4v) is 1.43. The van der Waals surface area contributed by atoms with E-state index in [0.29, 0.717) is 0 Å². The molecule has 0 unspecified atom stereocenters. The molecule has 0 aliphatic heterocycles. The molecule has 1 radical (unpaired) electrons. The molecule has 11 heavy (non-hydrogen) atoms. The fourth-order valence-electron chi connectivity index (χ4n) is 1.43. The highest BCUT2D eigenvalue weighted by molar-refractivity contribution is 6.03. The monoisotopic (exact) mass is 146 g/mol. The number of rotatable bonds is 0. The van der Waals surface area contributed by atoms with Gasteiger partial charge in [-0.2, -0.15) is 0 Å². The van der Waals surface area contributed by atoms with Crippen LogP contribution in [-0.4, -0.2) is 10.9 Å². The second kappa shape index (κ2) is 2.38. The first-order valence-electron chi connectivity index (χ1n) is 3.62. The first-order valence-corrected chi connectivity index (χ1v) is 3.62. The predicted molar refractivity (Wildman–Crippen MR) is 41.9 cm³/mol. The van der Waals surface area contributed by atoms with E-state index < -0.39 is 0 Å². The van der Waals surface area contributed by atoms with Gasteiger partial charge >= 0.3 is 0 Å². The van der Waals surface area contributed by atoms with E-state index in [2.05, 4.69) is 11.2 Å². The molecule has 0 amide bonds. The van der Waals surface area contributed by atoms with Crippen LogP contribution in [0.4, 0.5) is 0 Å². The molecule has 0 saturated heterocycles. The van der Waals surface area contributed by atoms with Gasteiger partial charge in [-0.3, -0.25) is 0 Å². The number of nitrogens with zero attached hydrogens (tertiary/aromatic N) is 1. The van der Waals surface area contributed by atoms with Crippen molar-refractivity contribution >= 4 is 5.71 Å². The molecule has 1 N–H and O–H groups in total. The molecule has 1 aromatic rings. The lowest BCUT2D eigenvalue weighted by molar-refractivity contribution is 0.318. The summed E-state index contributed by atoms with van der Waals surface area (Å²) in [4.78, 5) is 0. The van der Waals surface area contributed by atoms with Crippen molar-refractivity contribution in [3.8, 4) is 0 Å². The zero-order valence-corrected chi connectivity index (χ0v) is 6.04. The largest absolute Gasteiger partial charge is 0.411 e. The zero-order valence-electron chi connectivity index (χ0n) is 6.04. The molecule has 0 aromatic heterocycles. The first-order chi connectivity index (χ1) is 5.42. The fraction of sp³-hybridized carbons (Fsp3) is 0.222. The number of benzene rings is 1. The van der Waals surface area contributed by atoms with Crippen molar-refractivity contribution in [1.29, 1.82) is 0 Å². The third-order valence-electron chi connectivity index (χ3n) is 1.99. The molecular formula is C9H8NO. The molecule has 0 heterocycles.